The monoisotopic (exact) mass is 309 g/mol. The SMILES string of the molecule is CCN(CC)CCNCCc1nc(-c2cccs2)cs1. The second-order valence-electron chi connectivity index (χ2n) is 4.63. The minimum absolute atomic E-state index is 1.01. The van der Waals surface area contributed by atoms with Crippen LogP contribution in [0.1, 0.15) is 18.9 Å². The molecular formula is C15H23N3S2. The molecule has 2 heterocycles. The molecule has 20 heavy (non-hydrogen) atoms. The van der Waals surface area contributed by atoms with Crippen molar-refractivity contribution in [3.8, 4) is 10.6 Å². The molecule has 0 aliphatic heterocycles. The Bertz CT molecular complexity index is 475. The molecule has 0 spiro atoms. The molecule has 110 valence electrons. The third-order valence-corrected chi connectivity index (χ3v) is 5.14. The summed E-state index contributed by atoms with van der Waals surface area (Å²) in [6.07, 6.45) is 1.02. The molecule has 0 atom stereocenters. The average molecular weight is 310 g/mol. The molecule has 0 aliphatic rings. The number of aromatic nitrogens is 1. The topological polar surface area (TPSA) is 28.2 Å². The van der Waals surface area contributed by atoms with E-state index in [1.54, 1.807) is 22.7 Å². The van der Waals surface area contributed by atoms with E-state index in [9.17, 15) is 0 Å². The molecule has 2 aromatic heterocycles. The number of thiophene rings is 1. The van der Waals surface area contributed by atoms with Gasteiger partial charge in [-0.2, -0.15) is 0 Å². The van der Waals surface area contributed by atoms with Crippen LogP contribution in [0.2, 0.25) is 0 Å². The van der Waals surface area contributed by atoms with Crippen LogP contribution < -0.4 is 5.32 Å². The highest BCUT2D eigenvalue weighted by Crippen LogP contribution is 2.25. The standard InChI is InChI=1S/C15H23N3S2/c1-3-18(4-2)10-9-16-8-7-15-17-13(12-20-15)14-6-5-11-19-14/h5-6,11-12,16H,3-4,7-10H2,1-2H3. The van der Waals surface area contributed by atoms with Gasteiger partial charge >= 0.3 is 0 Å². The smallest absolute Gasteiger partial charge is 0.0945 e. The van der Waals surface area contributed by atoms with Gasteiger partial charge in [0, 0.05) is 31.4 Å². The van der Waals surface area contributed by atoms with E-state index >= 15 is 0 Å². The van der Waals surface area contributed by atoms with Crippen LogP contribution in [0, 0.1) is 0 Å². The van der Waals surface area contributed by atoms with Crippen LogP contribution in [0.3, 0.4) is 0 Å². The lowest BCUT2D eigenvalue weighted by Crippen LogP contribution is -2.32. The molecule has 0 fully saturated rings. The summed E-state index contributed by atoms with van der Waals surface area (Å²) in [7, 11) is 0. The van der Waals surface area contributed by atoms with Crippen LogP contribution >= 0.6 is 22.7 Å². The molecule has 0 saturated heterocycles. The number of likely N-dealkylation sites (N-methyl/N-ethyl adjacent to an activating group) is 1. The summed E-state index contributed by atoms with van der Waals surface area (Å²) >= 11 is 3.52. The molecule has 1 N–H and O–H groups in total. The van der Waals surface area contributed by atoms with Gasteiger partial charge in [0.15, 0.2) is 0 Å². The number of rotatable bonds is 9. The molecule has 0 saturated carbocycles. The molecule has 0 aliphatic carbocycles. The van der Waals surface area contributed by atoms with Gasteiger partial charge in [0.05, 0.1) is 15.6 Å². The first-order valence-electron chi connectivity index (χ1n) is 7.24. The lowest BCUT2D eigenvalue weighted by atomic mass is 10.4. The molecule has 0 radical (unpaired) electrons. The Balaban J connectivity index is 1.67. The number of nitrogens with one attached hydrogen (secondary N) is 1. The predicted molar refractivity (Wildman–Crippen MR) is 89.8 cm³/mol. The van der Waals surface area contributed by atoms with Crippen LogP contribution in [0.15, 0.2) is 22.9 Å². The quantitative estimate of drug-likeness (QED) is 0.720. The van der Waals surface area contributed by atoms with Crippen molar-refractivity contribution in [2.24, 2.45) is 0 Å². The van der Waals surface area contributed by atoms with E-state index in [0.717, 1.165) is 44.8 Å². The van der Waals surface area contributed by atoms with Crippen molar-refractivity contribution in [3.63, 3.8) is 0 Å². The third kappa shape index (κ3) is 4.66. The predicted octanol–water partition coefficient (Wildman–Crippen LogP) is 3.35. The van der Waals surface area contributed by atoms with Gasteiger partial charge in [-0.05, 0) is 24.5 Å². The van der Waals surface area contributed by atoms with Gasteiger partial charge in [0.2, 0.25) is 0 Å². The molecule has 3 nitrogen and oxygen atoms in total. The van der Waals surface area contributed by atoms with Crippen molar-refractivity contribution < 1.29 is 0 Å². The average Bonchev–Trinajstić information content (AvgIpc) is 3.13. The summed E-state index contributed by atoms with van der Waals surface area (Å²) in [5.74, 6) is 0. The van der Waals surface area contributed by atoms with Gasteiger partial charge in [0.1, 0.15) is 0 Å². The first-order chi connectivity index (χ1) is 9.83. The summed E-state index contributed by atoms with van der Waals surface area (Å²) < 4.78 is 0. The summed E-state index contributed by atoms with van der Waals surface area (Å²) in [5.41, 5.74) is 1.13. The molecule has 0 unspecified atom stereocenters. The fourth-order valence-electron chi connectivity index (χ4n) is 2.06. The van der Waals surface area contributed by atoms with Gasteiger partial charge in [0.25, 0.3) is 0 Å². The number of thiazole rings is 1. The molecular weight excluding hydrogens is 286 g/mol. The minimum atomic E-state index is 1.01. The van der Waals surface area contributed by atoms with Crippen molar-refractivity contribution in [1.29, 1.82) is 0 Å². The van der Waals surface area contributed by atoms with Gasteiger partial charge in [-0.1, -0.05) is 19.9 Å². The van der Waals surface area contributed by atoms with Crippen LogP contribution in [0.5, 0.6) is 0 Å². The van der Waals surface area contributed by atoms with Gasteiger partial charge in [-0.25, -0.2) is 4.98 Å². The van der Waals surface area contributed by atoms with Crippen LogP contribution in [-0.4, -0.2) is 42.6 Å². The molecule has 2 rings (SSSR count). The molecule has 0 bridgehead atoms. The molecule has 2 aromatic rings. The Labute approximate surface area is 129 Å². The van der Waals surface area contributed by atoms with E-state index in [4.69, 9.17) is 4.98 Å². The van der Waals surface area contributed by atoms with Crippen LogP contribution in [0.4, 0.5) is 0 Å². The fourth-order valence-corrected chi connectivity index (χ4v) is 3.62. The van der Waals surface area contributed by atoms with Crippen molar-refractivity contribution in [2.45, 2.75) is 20.3 Å². The number of nitrogens with zero attached hydrogens (tertiary/aromatic N) is 2. The highest BCUT2D eigenvalue weighted by Gasteiger charge is 2.05. The Morgan fingerprint density at radius 1 is 1.20 bits per heavy atom. The zero-order valence-electron chi connectivity index (χ0n) is 12.3. The molecule has 0 aromatic carbocycles. The normalized spacial score (nSPS) is 11.3. The largest absolute Gasteiger partial charge is 0.315 e. The highest BCUT2D eigenvalue weighted by molar-refractivity contribution is 7.14. The maximum atomic E-state index is 4.70. The first-order valence-corrected chi connectivity index (χ1v) is 9.00. The van der Waals surface area contributed by atoms with Crippen molar-refractivity contribution in [3.05, 3.63) is 27.9 Å². The van der Waals surface area contributed by atoms with Crippen LogP contribution in [0.25, 0.3) is 10.6 Å². The van der Waals surface area contributed by atoms with E-state index < -0.39 is 0 Å². The van der Waals surface area contributed by atoms with E-state index in [1.807, 2.05) is 0 Å². The maximum absolute atomic E-state index is 4.70. The minimum Gasteiger partial charge on any atom is -0.315 e. The zero-order valence-corrected chi connectivity index (χ0v) is 13.9. The Hall–Kier alpha value is -0.750. The second kappa shape index (κ2) is 8.52. The van der Waals surface area contributed by atoms with Crippen molar-refractivity contribution in [2.75, 3.05) is 32.7 Å². The van der Waals surface area contributed by atoms with E-state index in [1.165, 1.54) is 9.88 Å². The number of hydrogen-bond donors (Lipinski definition) is 1. The molecule has 0 amide bonds. The Morgan fingerprint density at radius 3 is 2.75 bits per heavy atom. The third-order valence-electron chi connectivity index (χ3n) is 3.34. The van der Waals surface area contributed by atoms with Crippen molar-refractivity contribution in [1.82, 2.24) is 15.2 Å². The van der Waals surface area contributed by atoms with Gasteiger partial charge < -0.3 is 10.2 Å². The van der Waals surface area contributed by atoms with E-state index in [2.05, 4.69) is 47.0 Å². The summed E-state index contributed by atoms with van der Waals surface area (Å²) in [5, 5.41) is 8.99. The lowest BCUT2D eigenvalue weighted by Gasteiger charge is -2.17. The molecule has 5 heteroatoms. The summed E-state index contributed by atoms with van der Waals surface area (Å²) in [6.45, 7) is 9.90. The first kappa shape index (κ1) is 15.6. The Morgan fingerprint density at radius 2 is 2.05 bits per heavy atom. The summed E-state index contributed by atoms with van der Waals surface area (Å²) in [6, 6.07) is 4.21. The van der Waals surface area contributed by atoms with E-state index in [0.29, 0.717) is 0 Å². The van der Waals surface area contributed by atoms with Crippen molar-refractivity contribution >= 4 is 22.7 Å². The van der Waals surface area contributed by atoms with E-state index in [-0.39, 0.29) is 0 Å². The summed E-state index contributed by atoms with van der Waals surface area (Å²) in [4.78, 5) is 8.40. The lowest BCUT2D eigenvalue weighted by molar-refractivity contribution is 0.303. The zero-order chi connectivity index (χ0) is 14.2. The Kier molecular flexibility index (Phi) is 6.66. The highest BCUT2D eigenvalue weighted by atomic mass is 32.1. The van der Waals surface area contributed by atoms with Gasteiger partial charge in [-0.15, -0.1) is 22.7 Å². The van der Waals surface area contributed by atoms with Gasteiger partial charge in [-0.3, -0.25) is 0 Å². The van der Waals surface area contributed by atoms with Crippen LogP contribution in [-0.2, 0) is 6.42 Å². The fraction of sp³-hybridized carbons (Fsp3) is 0.533. The maximum Gasteiger partial charge on any atom is 0.0945 e. The number of hydrogen-bond acceptors (Lipinski definition) is 5. The second-order valence-corrected chi connectivity index (χ2v) is 6.52.